The Bertz CT molecular complexity index is 921. The summed E-state index contributed by atoms with van der Waals surface area (Å²) in [5.74, 6) is 1.37. The lowest BCUT2D eigenvalue weighted by Crippen LogP contribution is -2.31. The summed E-state index contributed by atoms with van der Waals surface area (Å²) in [6.07, 6.45) is 1.00. The smallest absolute Gasteiger partial charge is 0.328 e. The van der Waals surface area contributed by atoms with Gasteiger partial charge in [0.05, 0.1) is 0 Å². The van der Waals surface area contributed by atoms with Crippen LogP contribution in [0.4, 0.5) is 11.9 Å². The molecule has 2 heterocycles. The lowest BCUT2D eigenvalue weighted by Gasteiger charge is -2.27. The fourth-order valence-electron chi connectivity index (χ4n) is 3.46. The summed E-state index contributed by atoms with van der Waals surface area (Å²) < 4.78 is 6.05. The van der Waals surface area contributed by atoms with Gasteiger partial charge in [-0.2, -0.15) is 15.0 Å². The number of anilines is 2. The predicted octanol–water partition coefficient (Wildman–Crippen LogP) is 2.59. The number of benzene rings is 1. The normalized spacial score (nSPS) is 16.1. The average molecular weight is 428 g/mol. The molecular weight excluding hydrogens is 394 g/mol. The second-order valence-electron chi connectivity index (χ2n) is 9.15. The number of carbonyl (C=O) groups excluding carboxylic acids is 1. The van der Waals surface area contributed by atoms with Crippen molar-refractivity contribution in [3.05, 3.63) is 29.3 Å². The molecule has 0 saturated carbocycles. The van der Waals surface area contributed by atoms with E-state index in [4.69, 9.17) is 4.74 Å². The molecular formula is C22H33N7O2. The number of rotatable bonds is 7. The van der Waals surface area contributed by atoms with Crippen molar-refractivity contribution in [2.75, 3.05) is 43.9 Å². The molecule has 1 saturated heterocycles. The monoisotopic (exact) mass is 427 g/mol. The van der Waals surface area contributed by atoms with Crippen molar-refractivity contribution in [2.45, 2.75) is 40.2 Å². The largest absolute Gasteiger partial charge is 0.424 e. The molecule has 1 aliphatic heterocycles. The fraction of sp³-hybridized carbons (Fsp3) is 0.545. The molecule has 1 fully saturated rings. The van der Waals surface area contributed by atoms with Crippen molar-refractivity contribution in [1.82, 2.24) is 25.6 Å². The molecule has 168 valence electrons. The number of nitrogens with zero attached hydrogens (tertiary/aromatic N) is 4. The first-order valence-electron chi connectivity index (χ1n) is 10.6. The first kappa shape index (κ1) is 22.7. The Morgan fingerprint density at radius 1 is 1.29 bits per heavy atom. The van der Waals surface area contributed by atoms with Crippen LogP contribution in [0.1, 0.15) is 43.1 Å². The quantitative estimate of drug-likeness (QED) is 0.619. The van der Waals surface area contributed by atoms with Crippen molar-refractivity contribution < 1.29 is 9.53 Å². The number of hydrogen-bond donors (Lipinski definition) is 3. The Morgan fingerprint density at radius 2 is 2.06 bits per heavy atom. The van der Waals surface area contributed by atoms with E-state index in [0.29, 0.717) is 23.2 Å². The number of amides is 1. The molecule has 31 heavy (non-hydrogen) atoms. The number of hydrogen-bond acceptors (Lipinski definition) is 8. The van der Waals surface area contributed by atoms with Gasteiger partial charge in [-0.05, 0) is 43.0 Å². The van der Waals surface area contributed by atoms with Crippen molar-refractivity contribution >= 4 is 17.8 Å². The van der Waals surface area contributed by atoms with E-state index in [2.05, 4.69) is 51.7 Å². The Morgan fingerprint density at radius 3 is 2.71 bits per heavy atom. The first-order valence-corrected chi connectivity index (χ1v) is 10.6. The molecule has 0 aliphatic carbocycles. The van der Waals surface area contributed by atoms with Gasteiger partial charge in [-0.3, -0.25) is 4.79 Å². The number of nitrogens with one attached hydrogen (secondary N) is 3. The summed E-state index contributed by atoms with van der Waals surface area (Å²) in [7, 11) is 3.56. The molecule has 0 radical (unpaired) electrons. The standard InChI is InChI=1S/C22H33N7O2/c1-14-7-8-15(18(30)23-5)11-17(14)31-21-27-19(25-16-9-10-24-12-16)26-20(28-21)29(6)13-22(2,3)4/h7-8,11,16,24H,9-10,12-13H2,1-6H3,(H,23,30)(H,25,26,27,28)/t16-/m1/s1. The number of ether oxygens (including phenoxy) is 1. The fourth-order valence-corrected chi connectivity index (χ4v) is 3.46. The maximum atomic E-state index is 12.0. The van der Waals surface area contributed by atoms with Crippen LogP contribution in [0.25, 0.3) is 0 Å². The van der Waals surface area contributed by atoms with Crippen molar-refractivity contribution in [3.63, 3.8) is 0 Å². The number of aromatic nitrogens is 3. The highest BCUT2D eigenvalue weighted by atomic mass is 16.5. The number of carbonyl (C=O) groups is 1. The molecule has 1 aromatic carbocycles. The van der Waals surface area contributed by atoms with Gasteiger partial charge in [-0.25, -0.2) is 0 Å². The summed E-state index contributed by atoms with van der Waals surface area (Å²) in [6.45, 7) is 11.0. The van der Waals surface area contributed by atoms with Crippen molar-refractivity contribution in [1.29, 1.82) is 0 Å². The first-order chi connectivity index (χ1) is 14.6. The highest BCUT2D eigenvalue weighted by Crippen LogP contribution is 2.27. The minimum absolute atomic E-state index is 0.0732. The SMILES string of the molecule is CNC(=O)c1ccc(C)c(Oc2nc(N[C@@H]3CCNC3)nc(N(C)CC(C)(C)C)n2)c1. The van der Waals surface area contributed by atoms with Crippen molar-refractivity contribution in [2.24, 2.45) is 5.41 Å². The Balaban J connectivity index is 1.92. The van der Waals surface area contributed by atoms with Gasteiger partial charge in [0.15, 0.2) is 0 Å². The zero-order valence-electron chi connectivity index (χ0n) is 19.2. The van der Waals surface area contributed by atoms with E-state index in [-0.39, 0.29) is 23.4 Å². The van der Waals surface area contributed by atoms with Crippen LogP contribution in [0.15, 0.2) is 18.2 Å². The lowest BCUT2D eigenvalue weighted by atomic mass is 9.96. The molecule has 9 nitrogen and oxygen atoms in total. The van der Waals surface area contributed by atoms with E-state index in [1.54, 1.807) is 19.2 Å². The molecule has 1 atom stereocenters. The Labute approximate surface area is 184 Å². The maximum Gasteiger partial charge on any atom is 0.328 e. The summed E-state index contributed by atoms with van der Waals surface area (Å²) in [4.78, 5) is 27.7. The second-order valence-corrected chi connectivity index (χ2v) is 9.15. The van der Waals surface area contributed by atoms with Gasteiger partial charge in [0, 0.05) is 38.8 Å². The van der Waals surface area contributed by atoms with E-state index >= 15 is 0 Å². The molecule has 0 unspecified atom stereocenters. The molecule has 1 amide bonds. The molecule has 3 rings (SSSR count). The van der Waals surface area contributed by atoms with Crippen LogP contribution < -0.4 is 25.6 Å². The molecule has 0 spiro atoms. The molecule has 1 aliphatic rings. The van der Waals surface area contributed by atoms with E-state index in [1.165, 1.54) is 0 Å². The van der Waals surface area contributed by atoms with Crippen LogP contribution in [0.2, 0.25) is 0 Å². The van der Waals surface area contributed by atoms with Gasteiger partial charge in [0.1, 0.15) is 5.75 Å². The Hall–Kier alpha value is -2.94. The van der Waals surface area contributed by atoms with Crippen molar-refractivity contribution in [3.8, 4) is 11.8 Å². The third kappa shape index (κ3) is 6.27. The van der Waals surface area contributed by atoms with Gasteiger partial charge in [-0.15, -0.1) is 0 Å². The van der Waals surface area contributed by atoms with E-state index in [9.17, 15) is 4.79 Å². The van der Waals surface area contributed by atoms with Gasteiger partial charge in [0.25, 0.3) is 5.91 Å². The van der Waals surface area contributed by atoms with Gasteiger partial charge >= 0.3 is 6.01 Å². The zero-order chi connectivity index (χ0) is 22.6. The molecule has 9 heteroatoms. The van der Waals surface area contributed by atoms with Crippen LogP contribution in [-0.4, -0.2) is 60.6 Å². The number of aryl methyl sites for hydroxylation is 1. The van der Waals surface area contributed by atoms with Gasteiger partial charge < -0.3 is 25.6 Å². The molecule has 1 aromatic heterocycles. The summed E-state index contributed by atoms with van der Waals surface area (Å²) in [5.41, 5.74) is 1.47. The van der Waals surface area contributed by atoms with Crippen LogP contribution in [-0.2, 0) is 0 Å². The van der Waals surface area contributed by atoms with E-state index < -0.39 is 0 Å². The van der Waals surface area contributed by atoms with E-state index in [0.717, 1.165) is 31.6 Å². The highest BCUT2D eigenvalue weighted by Gasteiger charge is 2.21. The average Bonchev–Trinajstić information content (AvgIpc) is 3.20. The lowest BCUT2D eigenvalue weighted by molar-refractivity contribution is 0.0962. The minimum atomic E-state index is -0.179. The van der Waals surface area contributed by atoms with Crippen LogP contribution in [0, 0.1) is 12.3 Å². The van der Waals surface area contributed by atoms with Crippen LogP contribution >= 0.6 is 0 Å². The maximum absolute atomic E-state index is 12.0. The second kappa shape index (κ2) is 9.47. The summed E-state index contributed by atoms with van der Waals surface area (Å²) in [5, 5.41) is 9.34. The molecule has 2 aromatic rings. The third-order valence-corrected chi connectivity index (χ3v) is 4.93. The molecule has 0 bridgehead atoms. The summed E-state index contributed by atoms with van der Waals surface area (Å²) >= 11 is 0. The van der Waals surface area contributed by atoms with E-state index in [1.807, 2.05) is 24.9 Å². The Kier molecular flexibility index (Phi) is 6.94. The summed E-state index contributed by atoms with van der Waals surface area (Å²) in [6, 6.07) is 5.75. The predicted molar refractivity (Wildman–Crippen MR) is 122 cm³/mol. The highest BCUT2D eigenvalue weighted by molar-refractivity contribution is 5.94. The van der Waals surface area contributed by atoms with Gasteiger partial charge in [-0.1, -0.05) is 26.8 Å². The zero-order valence-corrected chi connectivity index (χ0v) is 19.2. The van der Waals surface area contributed by atoms with Crippen LogP contribution in [0.5, 0.6) is 11.8 Å². The third-order valence-electron chi connectivity index (χ3n) is 4.93. The van der Waals surface area contributed by atoms with Gasteiger partial charge in [0.2, 0.25) is 11.9 Å². The minimum Gasteiger partial charge on any atom is -0.424 e. The van der Waals surface area contributed by atoms with Crippen LogP contribution in [0.3, 0.4) is 0 Å². The topological polar surface area (TPSA) is 104 Å². The molecule has 3 N–H and O–H groups in total.